The number of piperidine rings is 1. The topological polar surface area (TPSA) is 83.9 Å². The van der Waals surface area contributed by atoms with Gasteiger partial charge in [-0.05, 0) is 80.8 Å². The molecular weight excluding hydrogens is 454 g/mol. The van der Waals surface area contributed by atoms with Crippen LogP contribution >= 0.6 is 11.6 Å². The molecular formula is C26H34ClN3O4. The maximum Gasteiger partial charge on any atom is 0.252 e. The lowest BCUT2D eigenvalue weighted by molar-refractivity contribution is 0.0885. The maximum absolute atomic E-state index is 12.7. The number of benzene rings is 1. The van der Waals surface area contributed by atoms with Crippen molar-refractivity contribution in [1.82, 2.24) is 10.3 Å². The number of carbonyl (C=O) groups excluding carboxylic acids is 1. The monoisotopic (exact) mass is 487 g/mol. The van der Waals surface area contributed by atoms with Gasteiger partial charge in [0.1, 0.15) is 11.6 Å². The largest absolute Gasteiger partial charge is 0.494 e. The summed E-state index contributed by atoms with van der Waals surface area (Å²) >= 11 is 5.94. The third kappa shape index (κ3) is 6.20. The molecule has 2 N–H and O–H groups in total. The van der Waals surface area contributed by atoms with Gasteiger partial charge in [0.15, 0.2) is 0 Å². The van der Waals surface area contributed by atoms with Crippen molar-refractivity contribution >= 4 is 23.3 Å². The zero-order valence-electron chi connectivity index (χ0n) is 19.9. The summed E-state index contributed by atoms with van der Waals surface area (Å²) in [5.41, 5.74) is 2.36. The van der Waals surface area contributed by atoms with Crippen LogP contribution in [0.3, 0.4) is 0 Å². The standard InChI is InChI=1S/C26H34ClN3O4/c1-17-12-21(13-18(2)25(17)26(32)29-22-15-33-16-23(22)31)34-11-3-4-19-7-9-30(10-8-19)24-6-5-20(27)14-28-24/h5-6,12-14,19,22-23,31H,3-4,7-11,15-16H2,1-2H3,(H,29,32)/t22-,23-/m1/s1. The number of nitrogens with one attached hydrogen (secondary N) is 1. The van der Waals surface area contributed by atoms with Gasteiger partial charge in [0.2, 0.25) is 0 Å². The van der Waals surface area contributed by atoms with Gasteiger partial charge >= 0.3 is 0 Å². The Hall–Kier alpha value is -2.35. The molecule has 0 aliphatic carbocycles. The Bertz CT molecular complexity index is 954. The summed E-state index contributed by atoms with van der Waals surface area (Å²) in [6, 6.07) is 7.35. The van der Waals surface area contributed by atoms with Crippen LogP contribution in [0, 0.1) is 19.8 Å². The lowest BCUT2D eigenvalue weighted by atomic mass is 9.92. The van der Waals surface area contributed by atoms with Gasteiger partial charge in [-0.3, -0.25) is 4.79 Å². The summed E-state index contributed by atoms with van der Waals surface area (Å²) in [7, 11) is 0. The van der Waals surface area contributed by atoms with Crippen LogP contribution < -0.4 is 15.0 Å². The van der Waals surface area contributed by atoms with Crippen molar-refractivity contribution in [2.45, 2.75) is 51.7 Å². The van der Waals surface area contributed by atoms with E-state index < -0.39 is 6.10 Å². The maximum atomic E-state index is 12.7. The predicted molar refractivity (Wildman–Crippen MR) is 133 cm³/mol. The van der Waals surface area contributed by atoms with Gasteiger partial charge in [-0.1, -0.05) is 11.6 Å². The number of amides is 1. The number of nitrogens with zero attached hydrogens (tertiary/aromatic N) is 2. The van der Waals surface area contributed by atoms with Gasteiger partial charge in [0, 0.05) is 24.8 Å². The minimum absolute atomic E-state index is 0.184. The third-order valence-corrected chi connectivity index (χ3v) is 7.00. The van der Waals surface area contributed by atoms with Crippen molar-refractivity contribution in [2.75, 3.05) is 37.8 Å². The number of pyridine rings is 1. The minimum Gasteiger partial charge on any atom is -0.494 e. The van der Waals surface area contributed by atoms with Gasteiger partial charge in [0.25, 0.3) is 5.91 Å². The Morgan fingerprint density at radius 1 is 1.24 bits per heavy atom. The fourth-order valence-corrected chi connectivity index (χ4v) is 4.97. The molecule has 0 radical (unpaired) electrons. The number of anilines is 1. The average Bonchev–Trinajstić information content (AvgIpc) is 3.21. The second kappa shape index (κ2) is 11.4. The first-order valence-electron chi connectivity index (χ1n) is 12.1. The number of carbonyl (C=O) groups is 1. The Morgan fingerprint density at radius 2 is 1.97 bits per heavy atom. The van der Waals surface area contributed by atoms with Crippen molar-refractivity contribution in [3.8, 4) is 5.75 Å². The van der Waals surface area contributed by atoms with E-state index in [1.807, 2.05) is 38.1 Å². The van der Waals surface area contributed by atoms with Crippen molar-refractivity contribution in [3.63, 3.8) is 0 Å². The molecule has 2 fully saturated rings. The number of rotatable bonds is 8. The number of halogens is 1. The molecule has 184 valence electrons. The van der Waals surface area contributed by atoms with Crippen LogP contribution in [0.4, 0.5) is 5.82 Å². The van der Waals surface area contributed by atoms with Crippen LogP contribution in [0.1, 0.15) is 47.2 Å². The molecule has 34 heavy (non-hydrogen) atoms. The van der Waals surface area contributed by atoms with E-state index in [9.17, 15) is 9.90 Å². The Balaban J connectivity index is 1.21. The SMILES string of the molecule is Cc1cc(OCCCC2CCN(c3ccc(Cl)cn3)CC2)cc(C)c1C(=O)N[C@@H]1COC[C@H]1O. The van der Waals surface area contributed by atoms with Crippen molar-refractivity contribution in [1.29, 1.82) is 0 Å². The molecule has 4 rings (SSSR count). The van der Waals surface area contributed by atoms with Gasteiger partial charge in [-0.25, -0.2) is 4.98 Å². The van der Waals surface area contributed by atoms with E-state index in [2.05, 4.69) is 15.2 Å². The number of ether oxygens (including phenoxy) is 2. The van der Waals surface area contributed by atoms with Crippen LogP contribution in [0.25, 0.3) is 0 Å². The van der Waals surface area contributed by atoms with E-state index in [-0.39, 0.29) is 18.6 Å². The molecule has 2 aliphatic heterocycles. The number of aliphatic hydroxyl groups excluding tert-OH is 1. The Labute approximate surface area is 206 Å². The molecule has 2 aromatic rings. The van der Waals surface area contributed by atoms with Gasteiger partial charge in [0.05, 0.1) is 37.0 Å². The van der Waals surface area contributed by atoms with Gasteiger partial charge in [-0.15, -0.1) is 0 Å². The average molecular weight is 488 g/mol. The van der Waals surface area contributed by atoms with Gasteiger partial charge < -0.3 is 24.8 Å². The first-order chi connectivity index (χ1) is 16.4. The number of hydrogen-bond donors (Lipinski definition) is 2. The predicted octanol–water partition coefficient (Wildman–Crippen LogP) is 3.92. The molecule has 8 heteroatoms. The number of aryl methyl sites for hydroxylation is 2. The second-order valence-electron chi connectivity index (χ2n) is 9.37. The highest BCUT2D eigenvalue weighted by Gasteiger charge is 2.28. The van der Waals surface area contributed by atoms with E-state index in [4.69, 9.17) is 21.1 Å². The van der Waals surface area contributed by atoms with E-state index in [1.165, 1.54) is 0 Å². The highest BCUT2D eigenvalue weighted by Crippen LogP contribution is 2.26. The smallest absolute Gasteiger partial charge is 0.252 e. The summed E-state index contributed by atoms with van der Waals surface area (Å²) in [4.78, 5) is 19.5. The molecule has 0 saturated carbocycles. The highest BCUT2D eigenvalue weighted by molar-refractivity contribution is 6.30. The van der Waals surface area contributed by atoms with E-state index in [1.54, 1.807) is 6.20 Å². The van der Waals surface area contributed by atoms with Crippen LogP contribution in [0.2, 0.25) is 5.02 Å². The summed E-state index contributed by atoms with van der Waals surface area (Å²) in [5, 5.41) is 13.4. The normalized spacial score (nSPS) is 21.0. The lowest BCUT2D eigenvalue weighted by Crippen LogP contribution is -2.42. The van der Waals surface area contributed by atoms with E-state index >= 15 is 0 Å². The molecule has 3 heterocycles. The first-order valence-corrected chi connectivity index (χ1v) is 12.5. The molecule has 1 amide bonds. The molecule has 0 spiro atoms. The Morgan fingerprint density at radius 3 is 2.59 bits per heavy atom. The number of hydrogen-bond acceptors (Lipinski definition) is 6. The summed E-state index contributed by atoms with van der Waals surface area (Å²) in [6.45, 7) is 7.13. The molecule has 2 atom stereocenters. The molecule has 0 bridgehead atoms. The molecule has 0 unspecified atom stereocenters. The quantitative estimate of drug-likeness (QED) is 0.549. The third-order valence-electron chi connectivity index (χ3n) is 6.78. The molecule has 2 aliphatic rings. The zero-order valence-corrected chi connectivity index (χ0v) is 20.7. The molecule has 1 aromatic heterocycles. The van der Waals surface area contributed by atoms with Crippen LogP contribution in [-0.4, -0.2) is 61.1 Å². The van der Waals surface area contributed by atoms with Crippen molar-refractivity contribution < 1.29 is 19.4 Å². The molecule has 1 aromatic carbocycles. The zero-order chi connectivity index (χ0) is 24.1. The molecule has 7 nitrogen and oxygen atoms in total. The second-order valence-corrected chi connectivity index (χ2v) is 9.81. The minimum atomic E-state index is -0.659. The number of aliphatic hydroxyl groups is 1. The fraction of sp³-hybridized carbons (Fsp3) is 0.538. The summed E-state index contributed by atoms with van der Waals surface area (Å²) in [6.07, 6.45) is 5.52. The van der Waals surface area contributed by atoms with Crippen molar-refractivity contribution in [2.24, 2.45) is 5.92 Å². The summed E-state index contributed by atoms with van der Waals surface area (Å²) in [5.74, 6) is 2.31. The van der Waals surface area contributed by atoms with Gasteiger partial charge in [-0.2, -0.15) is 0 Å². The number of aromatic nitrogens is 1. The highest BCUT2D eigenvalue weighted by atomic mass is 35.5. The van der Waals surface area contributed by atoms with E-state index in [0.717, 1.165) is 61.5 Å². The van der Waals surface area contributed by atoms with Crippen LogP contribution in [-0.2, 0) is 4.74 Å². The fourth-order valence-electron chi connectivity index (χ4n) is 4.85. The first kappa shape index (κ1) is 24.8. The lowest BCUT2D eigenvalue weighted by Gasteiger charge is -2.32. The van der Waals surface area contributed by atoms with Crippen LogP contribution in [0.5, 0.6) is 5.75 Å². The van der Waals surface area contributed by atoms with Crippen molar-refractivity contribution in [3.05, 3.63) is 52.2 Å². The van der Waals surface area contributed by atoms with E-state index in [0.29, 0.717) is 29.7 Å². The van der Waals surface area contributed by atoms with Crippen LogP contribution in [0.15, 0.2) is 30.5 Å². The Kier molecular flexibility index (Phi) is 8.29. The molecule has 2 saturated heterocycles. The summed E-state index contributed by atoms with van der Waals surface area (Å²) < 4.78 is 11.2.